The molecule has 0 aliphatic heterocycles. The lowest BCUT2D eigenvalue weighted by Crippen LogP contribution is -2.06. The minimum Gasteiger partial charge on any atom is -0.493 e. The molecular weight excluding hydrogens is 334 g/mol. The largest absolute Gasteiger partial charge is 0.493 e. The molecule has 2 aromatic heterocycles. The summed E-state index contributed by atoms with van der Waals surface area (Å²) in [6.45, 7) is 3.81. The Balaban J connectivity index is 1.86. The van der Waals surface area contributed by atoms with Crippen LogP contribution in [0.1, 0.15) is 17.0 Å². The van der Waals surface area contributed by atoms with Gasteiger partial charge in [-0.15, -0.1) is 10.2 Å². The first-order valence-electron chi connectivity index (χ1n) is 7.78. The Kier molecular flexibility index (Phi) is 4.94. The van der Waals surface area contributed by atoms with Gasteiger partial charge in [-0.3, -0.25) is 0 Å². The van der Waals surface area contributed by atoms with E-state index in [1.807, 2.05) is 32.0 Å². The van der Waals surface area contributed by atoms with Gasteiger partial charge in [0.1, 0.15) is 12.4 Å². The van der Waals surface area contributed by atoms with E-state index in [-0.39, 0.29) is 6.61 Å². The molecule has 9 nitrogen and oxygen atoms in total. The van der Waals surface area contributed by atoms with E-state index in [0.29, 0.717) is 17.4 Å². The molecule has 0 aliphatic carbocycles. The van der Waals surface area contributed by atoms with Crippen LogP contribution in [0.3, 0.4) is 0 Å². The molecule has 132 valence electrons. The molecule has 0 aliphatic rings. The van der Waals surface area contributed by atoms with Crippen LogP contribution in [-0.2, 0) is 0 Å². The van der Waals surface area contributed by atoms with Gasteiger partial charge in [-0.25, -0.2) is 4.68 Å². The summed E-state index contributed by atoms with van der Waals surface area (Å²) in [6, 6.07) is 9.18. The molecule has 0 unspecified atom stereocenters. The first-order valence-corrected chi connectivity index (χ1v) is 7.78. The number of ether oxygens (including phenoxy) is 2. The number of benzene rings is 1. The highest BCUT2D eigenvalue weighted by molar-refractivity contribution is 5.80. The summed E-state index contributed by atoms with van der Waals surface area (Å²) in [5.41, 5.74) is 2.62. The van der Waals surface area contributed by atoms with E-state index in [1.165, 1.54) is 18.1 Å². The number of nitrogens with zero attached hydrogens (tertiary/aromatic N) is 7. The Morgan fingerprint density at radius 1 is 1.27 bits per heavy atom. The zero-order valence-electron chi connectivity index (χ0n) is 14.6. The van der Waals surface area contributed by atoms with E-state index in [4.69, 9.17) is 14.7 Å². The Labute approximate surface area is 150 Å². The van der Waals surface area contributed by atoms with E-state index in [0.717, 1.165) is 17.0 Å². The van der Waals surface area contributed by atoms with Gasteiger partial charge in [-0.2, -0.15) is 20.1 Å². The molecule has 1 aromatic carbocycles. The van der Waals surface area contributed by atoms with E-state index in [1.54, 1.807) is 23.0 Å². The molecule has 0 radical (unpaired) electrons. The number of aryl methyl sites for hydroxylation is 2. The van der Waals surface area contributed by atoms with Crippen LogP contribution in [0.5, 0.6) is 11.5 Å². The summed E-state index contributed by atoms with van der Waals surface area (Å²) in [5.74, 6) is 1.51. The second kappa shape index (κ2) is 7.48. The first-order chi connectivity index (χ1) is 12.6. The molecule has 26 heavy (non-hydrogen) atoms. The topological polar surface area (TPSA) is 103 Å². The van der Waals surface area contributed by atoms with Gasteiger partial charge in [0.25, 0.3) is 5.95 Å². The number of hydrogen-bond acceptors (Lipinski definition) is 7. The predicted octanol–water partition coefficient (Wildman–Crippen LogP) is 1.87. The number of hydrogen-bond donors (Lipinski definition) is 0. The lowest BCUT2D eigenvalue weighted by molar-refractivity contribution is 0.329. The van der Waals surface area contributed by atoms with Crippen LogP contribution in [0, 0.1) is 25.2 Å². The minimum atomic E-state index is -0.0451. The quantitative estimate of drug-likeness (QED) is 0.628. The third kappa shape index (κ3) is 3.54. The van der Waals surface area contributed by atoms with Crippen molar-refractivity contribution in [3.05, 3.63) is 47.5 Å². The molecule has 0 N–H and O–H groups in total. The molecule has 0 atom stereocenters. The Morgan fingerprint density at radius 3 is 2.81 bits per heavy atom. The summed E-state index contributed by atoms with van der Waals surface area (Å²) in [4.78, 5) is 0. The van der Waals surface area contributed by atoms with Gasteiger partial charge in [0.15, 0.2) is 18.1 Å². The second-order valence-corrected chi connectivity index (χ2v) is 5.42. The van der Waals surface area contributed by atoms with Crippen molar-refractivity contribution in [2.24, 2.45) is 5.10 Å². The van der Waals surface area contributed by atoms with Crippen molar-refractivity contribution in [1.82, 2.24) is 24.7 Å². The molecule has 9 heteroatoms. The van der Waals surface area contributed by atoms with E-state index in [2.05, 4.69) is 20.4 Å². The number of aromatic nitrogens is 5. The molecule has 0 bridgehead atoms. The molecular formula is C17H17N7O2. The van der Waals surface area contributed by atoms with Crippen molar-refractivity contribution in [2.45, 2.75) is 13.8 Å². The maximum absolute atomic E-state index is 8.62. The molecule has 3 rings (SSSR count). The highest BCUT2D eigenvalue weighted by atomic mass is 16.5. The molecule has 2 heterocycles. The maximum atomic E-state index is 8.62. The standard InChI is InChI=1S/C17H17N7O2/c1-12-8-13(2)24(22-12)17-21-19-11-23(17)20-10-14-4-5-15(26-7-6-18)16(9-14)25-3/h4-5,8-11H,7H2,1-3H3/b20-10-. The monoisotopic (exact) mass is 351 g/mol. The van der Waals surface area contributed by atoms with Crippen LogP contribution < -0.4 is 9.47 Å². The first kappa shape index (κ1) is 17.2. The van der Waals surface area contributed by atoms with Crippen LogP contribution >= 0.6 is 0 Å². The molecule has 0 amide bonds. The molecule has 0 spiro atoms. The SMILES string of the molecule is COc1cc(/C=N\n2cnnc2-n2nc(C)cc2C)ccc1OCC#N. The average Bonchev–Trinajstić information content (AvgIpc) is 3.23. The second-order valence-electron chi connectivity index (χ2n) is 5.42. The summed E-state index contributed by atoms with van der Waals surface area (Å²) in [7, 11) is 1.54. The third-order valence-corrected chi connectivity index (χ3v) is 3.52. The molecule has 0 saturated heterocycles. The van der Waals surface area contributed by atoms with E-state index >= 15 is 0 Å². The van der Waals surface area contributed by atoms with Gasteiger partial charge in [0.2, 0.25) is 0 Å². The number of rotatable bonds is 6. The zero-order valence-corrected chi connectivity index (χ0v) is 14.6. The van der Waals surface area contributed by atoms with Crippen molar-refractivity contribution >= 4 is 6.21 Å². The van der Waals surface area contributed by atoms with Gasteiger partial charge in [0, 0.05) is 5.69 Å². The van der Waals surface area contributed by atoms with Crippen LogP contribution in [0.15, 0.2) is 35.7 Å². The fourth-order valence-electron chi connectivity index (χ4n) is 2.40. The lowest BCUT2D eigenvalue weighted by atomic mass is 10.2. The number of nitriles is 1. The maximum Gasteiger partial charge on any atom is 0.273 e. The fourth-order valence-corrected chi connectivity index (χ4v) is 2.40. The zero-order chi connectivity index (χ0) is 18.5. The molecule has 0 fully saturated rings. The van der Waals surface area contributed by atoms with Crippen molar-refractivity contribution in [3.8, 4) is 23.5 Å². The Bertz CT molecular complexity index is 981. The van der Waals surface area contributed by atoms with Crippen LogP contribution in [-0.4, -0.2) is 44.6 Å². The van der Waals surface area contributed by atoms with Gasteiger partial charge >= 0.3 is 0 Å². The van der Waals surface area contributed by atoms with Crippen LogP contribution in [0.25, 0.3) is 5.95 Å². The van der Waals surface area contributed by atoms with Crippen molar-refractivity contribution in [3.63, 3.8) is 0 Å². The lowest BCUT2D eigenvalue weighted by Gasteiger charge is -2.08. The number of methoxy groups -OCH3 is 1. The normalized spacial score (nSPS) is 10.8. The summed E-state index contributed by atoms with van der Waals surface area (Å²) in [6.07, 6.45) is 3.15. The van der Waals surface area contributed by atoms with Gasteiger partial charge in [0.05, 0.1) is 19.0 Å². The van der Waals surface area contributed by atoms with Crippen LogP contribution in [0.4, 0.5) is 0 Å². The predicted molar refractivity (Wildman–Crippen MR) is 93.7 cm³/mol. The smallest absolute Gasteiger partial charge is 0.273 e. The highest BCUT2D eigenvalue weighted by Crippen LogP contribution is 2.27. The van der Waals surface area contributed by atoms with Crippen molar-refractivity contribution in [1.29, 1.82) is 5.26 Å². The summed E-state index contributed by atoms with van der Waals surface area (Å²) in [5, 5.41) is 25.4. The highest BCUT2D eigenvalue weighted by Gasteiger charge is 2.10. The van der Waals surface area contributed by atoms with E-state index in [9.17, 15) is 0 Å². The molecule has 3 aromatic rings. The summed E-state index contributed by atoms with van der Waals surface area (Å²) < 4.78 is 13.8. The van der Waals surface area contributed by atoms with Gasteiger partial charge in [-0.05, 0) is 43.7 Å². The Hall–Kier alpha value is -3.67. The summed E-state index contributed by atoms with van der Waals surface area (Å²) >= 11 is 0. The Morgan fingerprint density at radius 2 is 2.12 bits per heavy atom. The van der Waals surface area contributed by atoms with Crippen molar-refractivity contribution in [2.75, 3.05) is 13.7 Å². The average molecular weight is 351 g/mol. The minimum absolute atomic E-state index is 0.0451. The van der Waals surface area contributed by atoms with E-state index < -0.39 is 0 Å². The van der Waals surface area contributed by atoms with Gasteiger partial charge < -0.3 is 9.47 Å². The third-order valence-electron chi connectivity index (χ3n) is 3.52. The molecule has 0 saturated carbocycles. The van der Waals surface area contributed by atoms with Crippen LogP contribution in [0.2, 0.25) is 0 Å². The van der Waals surface area contributed by atoms with Gasteiger partial charge in [-0.1, -0.05) is 0 Å². The fraction of sp³-hybridized carbons (Fsp3) is 0.235. The van der Waals surface area contributed by atoms with Crippen molar-refractivity contribution < 1.29 is 9.47 Å².